The molecule has 0 aliphatic rings. The van der Waals surface area contributed by atoms with Gasteiger partial charge in [-0.15, -0.1) is 0 Å². The Labute approximate surface area is 496 Å². The van der Waals surface area contributed by atoms with Gasteiger partial charge in [0.05, 0.1) is 0 Å². The van der Waals surface area contributed by atoms with E-state index in [9.17, 15) is 14.4 Å². The van der Waals surface area contributed by atoms with E-state index in [0.29, 0.717) is 19.3 Å². The Bertz CT molecular complexity index is 2000. The molecule has 0 rings (SSSR count). The predicted molar refractivity (Wildman–Crippen MR) is 352 cm³/mol. The zero-order valence-electron chi connectivity index (χ0n) is 51.2. The van der Waals surface area contributed by atoms with Gasteiger partial charge in [-0.25, -0.2) is 0 Å². The lowest BCUT2D eigenvalue weighted by Crippen LogP contribution is -2.30. The van der Waals surface area contributed by atoms with E-state index >= 15 is 0 Å². The molecule has 1 atom stereocenters. The van der Waals surface area contributed by atoms with E-state index < -0.39 is 6.10 Å². The van der Waals surface area contributed by atoms with E-state index in [-0.39, 0.29) is 44.0 Å². The number of carbonyl (C=O) groups is 3. The van der Waals surface area contributed by atoms with Crippen molar-refractivity contribution in [2.75, 3.05) is 13.2 Å². The maximum atomic E-state index is 12.9. The minimum absolute atomic E-state index is 0.137. The summed E-state index contributed by atoms with van der Waals surface area (Å²) >= 11 is 0. The summed E-state index contributed by atoms with van der Waals surface area (Å²) in [6, 6.07) is 0. The molecule has 0 aliphatic carbocycles. The summed E-state index contributed by atoms with van der Waals surface area (Å²) in [5.41, 5.74) is 0. The maximum absolute atomic E-state index is 12.9. The topological polar surface area (TPSA) is 78.9 Å². The minimum atomic E-state index is -0.853. The maximum Gasteiger partial charge on any atom is 0.306 e. The highest BCUT2D eigenvalue weighted by atomic mass is 16.6. The lowest BCUT2D eigenvalue weighted by Gasteiger charge is -2.18. The molecular weight excluding hydrogens is 997 g/mol. The number of esters is 3. The molecule has 81 heavy (non-hydrogen) atoms. The van der Waals surface area contributed by atoms with Crippen LogP contribution in [-0.4, -0.2) is 37.2 Å². The monoisotopic (exact) mass is 1110 g/mol. The van der Waals surface area contributed by atoms with Crippen molar-refractivity contribution >= 4 is 17.9 Å². The second-order valence-electron chi connectivity index (χ2n) is 19.8. The van der Waals surface area contributed by atoms with Crippen LogP contribution in [-0.2, 0) is 28.6 Å². The summed E-state index contributed by atoms with van der Waals surface area (Å²) in [7, 11) is 0. The van der Waals surface area contributed by atoms with Crippen LogP contribution in [0, 0.1) is 0 Å². The molecule has 0 saturated heterocycles. The van der Waals surface area contributed by atoms with E-state index in [2.05, 4.69) is 215 Å². The molecule has 448 valence electrons. The van der Waals surface area contributed by atoms with Crippen LogP contribution in [0.2, 0.25) is 0 Å². The molecule has 0 amide bonds. The number of ether oxygens (including phenoxy) is 3. The van der Waals surface area contributed by atoms with Crippen LogP contribution < -0.4 is 0 Å². The van der Waals surface area contributed by atoms with E-state index in [0.717, 1.165) is 154 Å². The summed E-state index contributed by atoms with van der Waals surface area (Å²) in [4.78, 5) is 38.3. The van der Waals surface area contributed by atoms with Gasteiger partial charge in [0.15, 0.2) is 6.10 Å². The quantitative estimate of drug-likeness (QED) is 0.0261. The second kappa shape index (κ2) is 66.5. The van der Waals surface area contributed by atoms with E-state index in [1.54, 1.807) is 0 Å². The third kappa shape index (κ3) is 64.7. The predicted octanol–water partition coefficient (Wildman–Crippen LogP) is 22.0. The smallest absolute Gasteiger partial charge is 0.306 e. The number of unbranched alkanes of at least 4 members (excludes halogenated alkanes) is 9. The van der Waals surface area contributed by atoms with Crippen LogP contribution in [0.5, 0.6) is 0 Å². The highest BCUT2D eigenvalue weighted by Gasteiger charge is 2.19. The van der Waals surface area contributed by atoms with Gasteiger partial charge in [0.2, 0.25) is 0 Å². The van der Waals surface area contributed by atoms with E-state index in [1.807, 2.05) is 12.2 Å². The van der Waals surface area contributed by atoms with Gasteiger partial charge in [0.25, 0.3) is 0 Å². The van der Waals surface area contributed by atoms with Gasteiger partial charge in [-0.2, -0.15) is 0 Å². The van der Waals surface area contributed by atoms with Crippen LogP contribution in [0.15, 0.2) is 207 Å². The first-order chi connectivity index (χ1) is 40.0. The van der Waals surface area contributed by atoms with Gasteiger partial charge < -0.3 is 14.2 Å². The summed E-state index contributed by atoms with van der Waals surface area (Å²) in [5.74, 6) is -1.09. The van der Waals surface area contributed by atoms with Crippen LogP contribution in [0.1, 0.15) is 226 Å². The summed E-state index contributed by atoms with van der Waals surface area (Å²) in [6.07, 6.45) is 103. The van der Waals surface area contributed by atoms with Gasteiger partial charge in [-0.05, 0) is 154 Å². The van der Waals surface area contributed by atoms with Gasteiger partial charge in [-0.1, -0.05) is 259 Å². The SMILES string of the molecule is CC/C=C\C/C=C\C/C=C\C/C=C\C/C=C\C/C=C\CCCCC(=O)OC(COC(=O)CC/C=C\C/C=C\C/C=C\C/C=C\C/C=C\C/C=C\CC)COC(=O)CCCCCCCCC/C=C\C/C=C\C/C=C\C/C=C\C/C=C\CC. The first-order valence-electron chi connectivity index (χ1n) is 31.6. The van der Waals surface area contributed by atoms with Crippen LogP contribution >= 0.6 is 0 Å². The number of rotatable bonds is 54. The fraction of sp³-hybridized carbons (Fsp3) is 0.507. The zero-order chi connectivity index (χ0) is 58.5. The van der Waals surface area contributed by atoms with Crippen molar-refractivity contribution in [2.24, 2.45) is 0 Å². The first kappa shape index (κ1) is 75.0. The third-order valence-electron chi connectivity index (χ3n) is 12.3. The Kier molecular flexibility index (Phi) is 61.6. The molecule has 0 fully saturated rings. The molecule has 6 nitrogen and oxygen atoms in total. The molecule has 0 radical (unpaired) electrons. The van der Waals surface area contributed by atoms with Crippen LogP contribution in [0.25, 0.3) is 0 Å². The fourth-order valence-corrected chi connectivity index (χ4v) is 7.67. The normalized spacial score (nSPS) is 13.6. The Hall–Kier alpha value is -6.01. The molecule has 0 N–H and O–H groups in total. The van der Waals surface area contributed by atoms with E-state index in [1.165, 1.54) is 19.3 Å². The average molecular weight is 1110 g/mol. The number of hydrogen-bond acceptors (Lipinski definition) is 6. The summed E-state index contributed by atoms with van der Waals surface area (Å²) in [5, 5.41) is 0. The number of allylic oxidation sites excluding steroid dienone is 34. The van der Waals surface area contributed by atoms with Crippen molar-refractivity contribution in [3.05, 3.63) is 207 Å². The van der Waals surface area contributed by atoms with Crippen molar-refractivity contribution in [1.29, 1.82) is 0 Å². The van der Waals surface area contributed by atoms with Gasteiger partial charge >= 0.3 is 17.9 Å². The van der Waals surface area contributed by atoms with Gasteiger partial charge in [-0.3, -0.25) is 14.4 Å². The van der Waals surface area contributed by atoms with Crippen molar-refractivity contribution in [3.8, 4) is 0 Å². The molecule has 0 aromatic heterocycles. The highest BCUT2D eigenvalue weighted by Crippen LogP contribution is 2.12. The fourth-order valence-electron chi connectivity index (χ4n) is 7.67. The van der Waals surface area contributed by atoms with Crippen LogP contribution in [0.4, 0.5) is 0 Å². The zero-order valence-corrected chi connectivity index (χ0v) is 51.2. The van der Waals surface area contributed by atoms with Crippen LogP contribution in [0.3, 0.4) is 0 Å². The van der Waals surface area contributed by atoms with E-state index in [4.69, 9.17) is 14.2 Å². The van der Waals surface area contributed by atoms with Crippen molar-refractivity contribution < 1.29 is 28.6 Å². The molecule has 1 unspecified atom stereocenters. The molecule has 0 aliphatic heterocycles. The lowest BCUT2D eigenvalue weighted by atomic mass is 10.1. The minimum Gasteiger partial charge on any atom is -0.462 e. The van der Waals surface area contributed by atoms with Gasteiger partial charge in [0.1, 0.15) is 13.2 Å². The van der Waals surface area contributed by atoms with Crippen molar-refractivity contribution in [1.82, 2.24) is 0 Å². The van der Waals surface area contributed by atoms with Gasteiger partial charge in [0, 0.05) is 19.3 Å². The number of carbonyl (C=O) groups excluding carboxylic acids is 3. The third-order valence-corrected chi connectivity index (χ3v) is 12.3. The van der Waals surface area contributed by atoms with Crippen molar-refractivity contribution in [2.45, 2.75) is 232 Å². The molecule has 0 aromatic rings. The molecule has 0 aromatic carbocycles. The summed E-state index contributed by atoms with van der Waals surface area (Å²) in [6.45, 7) is 6.17. The largest absolute Gasteiger partial charge is 0.462 e. The Morgan fingerprint density at radius 2 is 0.469 bits per heavy atom. The number of hydrogen-bond donors (Lipinski definition) is 0. The Morgan fingerprint density at radius 3 is 0.790 bits per heavy atom. The average Bonchev–Trinajstić information content (AvgIpc) is 3.47. The molecule has 6 heteroatoms. The molecule has 0 bridgehead atoms. The van der Waals surface area contributed by atoms with Crippen molar-refractivity contribution in [3.63, 3.8) is 0 Å². The first-order valence-corrected chi connectivity index (χ1v) is 31.6. The highest BCUT2D eigenvalue weighted by molar-refractivity contribution is 5.71. The lowest BCUT2D eigenvalue weighted by molar-refractivity contribution is -0.166. The second-order valence-corrected chi connectivity index (χ2v) is 19.8. The molecule has 0 heterocycles. The molecule has 0 saturated carbocycles. The molecule has 0 spiro atoms. The standard InChI is InChI=1S/C75H112O6/c1-4-7-10-13-16-19-22-25-28-31-34-36-37-39-41-44-47-50-53-56-59-62-65-68-74(77)80-71-72(70-79-73(76)67-64-61-58-55-52-49-46-43-40-33-30-27-24-21-18-15-12-9-6-3)81-75(78)69-66-63-60-57-54-51-48-45-42-38-35-32-29-26-23-20-17-14-11-8-5-2/h7-12,16-21,25-30,34-36,38-41,43,45,48-49,52,54,57-58,61,72H,4-6,13-15,22-24,31-33,37,42,44,46-47,50-51,53,55-56,59-60,62-71H2,1-3H3/b10-7-,11-8-,12-9-,19-16-,20-17-,21-18-,28-25-,29-26-,30-27-,36-34-,38-35-,41-39-,43-40-,48-45-,52-49-,57-54-,61-58-. The Morgan fingerprint density at radius 1 is 0.247 bits per heavy atom. The Balaban J connectivity index is 4.64. The summed E-state index contributed by atoms with van der Waals surface area (Å²) < 4.78 is 16.8. The molecular formula is C75H112O6.